The van der Waals surface area contributed by atoms with E-state index in [-0.39, 0.29) is 0 Å². The van der Waals surface area contributed by atoms with Crippen LogP contribution in [0.1, 0.15) is 15.9 Å². The molecule has 0 saturated carbocycles. The zero-order chi connectivity index (χ0) is 12.3. The highest BCUT2D eigenvalue weighted by Gasteiger charge is 2.08. The van der Waals surface area contributed by atoms with Crippen molar-refractivity contribution in [3.05, 3.63) is 47.8 Å². The number of aryl methyl sites for hydroxylation is 1. The molecular weight excluding hydrogens is 236 g/mol. The lowest BCUT2D eigenvalue weighted by Crippen LogP contribution is -1.99. The van der Waals surface area contributed by atoms with Gasteiger partial charge < -0.3 is 5.11 Å². The fourth-order valence-corrected chi connectivity index (χ4v) is 2.19. The van der Waals surface area contributed by atoms with Crippen molar-refractivity contribution in [3.63, 3.8) is 0 Å². The fraction of sp³-hybridized carbons (Fsp3) is 0.0833. The first-order chi connectivity index (χ1) is 8.16. The van der Waals surface area contributed by atoms with Gasteiger partial charge in [0.2, 0.25) is 0 Å². The van der Waals surface area contributed by atoms with Crippen molar-refractivity contribution >= 4 is 17.7 Å². The topological polar surface area (TPSA) is 63.1 Å². The van der Waals surface area contributed by atoms with E-state index in [9.17, 15) is 4.79 Å². The summed E-state index contributed by atoms with van der Waals surface area (Å²) in [4.78, 5) is 20.0. The summed E-state index contributed by atoms with van der Waals surface area (Å²) in [6, 6.07) is 6.94. The van der Waals surface area contributed by atoms with E-state index < -0.39 is 5.97 Å². The maximum Gasteiger partial charge on any atom is 0.335 e. The normalized spacial score (nSPS) is 10.2. The lowest BCUT2D eigenvalue weighted by Gasteiger charge is -2.04. The average molecular weight is 246 g/mol. The predicted molar refractivity (Wildman–Crippen MR) is 64.3 cm³/mol. The third-order valence-corrected chi connectivity index (χ3v) is 3.06. The monoisotopic (exact) mass is 246 g/mol. The van der Waals surface area contributed by atoms with Gasteiger partial charge in [-0.1, -0.05) is 0 Å². The van der Waals surface area contributed by atoms with Crippen molar-refractivity contribution in [3.8, 4) is 0 Å². The number of nitrogens with zero attached hydrogens (tertiary/aromatic N) is 2. The van der Waals surface area contributed by atoms with E-state index in [2.05, 4.69) is 9.97 Å². The van der Waals surface area contributed by atoms with Crippen LogP contribution >= 0.6 is 11.8 Å². The zero-order valence-corrected chi connectivity index (χ0v) is 9.94. The molecule has 2 rings (SSSR count). The molecule has 0 radical (unpaired) electrons. The van der Waals surface area contributed by atoms with Crippen LogP contribution in [0.3, 0.4) is 0 Å². The van der Waals surface area contributed by atoms with Gasteiger partial charge in [0.25, 0.3) is 0 Å². The molecule has 1 heterocycles. The van der Waals surface area contributed by atoms with Gasteiger partial charge in [0.1, 0.15) is 0 Å². The van der Waals surface area contributed by atoms with Gasteiger partial charge in [-0.05, 0) is 48.5 Å². The van der Waals surface area contributed by atoms with Crippen molar-refractivity contribution in [2.75, 3.05) is 0 Å². The average Bonchev–Trinajstić information content (AvgIpc) is 2.30. The minimum absolute atomic E-state index is 0.323. The van der Waals surface area contributed by atoms with Crippen molar-refractivity contribution in [2.24, 2.45) is 0 Å². The Hall–Kier alpha value is -1.88. The molecule has 0 fully saturated rings. The summed E-state index contributed by atoms with van der Waals surface area (Å²) in [6.07, 6.45) is 3.35. The molecule has 0 bridgehead atoms. The van der Waals surface area contributed by atoms with Crippen LogP contribution in [0.2, 0.25) is 0 Å². The number of aromatic carboxylic acids is 1. The summed E-state index contributed by atoms with van der Waals surface area (Å²) in [5.74, 6) is -0.907. The summed E-state index contributed by atoms with van der Waals surface area (Å²) in [7, 11) is 0. The number of hydrogen-bond acceptors (Lipinski definition) is 4. The lowest BCUT2D eigenvalue weighted by atomic mass is 10.1. The first-order valence-corrected chi connectivity index (χ1v) is 5.77. The van der Waals surface area contributed by atoms with Crippen LogP contribution in [0, 0.1) is 6.92 Å². The molecule has 17 heavy (non-hydrogen) atoms. The first-order valence-electron chi connectivity index (χ1n) is 4.95. The van der Waals surface area contributed by atoms with Crippen LogP contribution in [-0.2, 0) is 0 Å². The molecule has 4 nitrogen and oxygen atoms in total. The molecule has 0 aliphatic rings. The van der Waals surface area contributed by atoms with E-state index in [0.29, 0.717) is 10.7 Å². The number of hydrogen-bond donors (Lipinski definition) is 1. The standard InChI is InChI=1S/C12H10N2O2S/c1-8-7-9(3-4-10(8)11(15)16)17-12-13-5-2-6-14-12/h2-7H,1H3,(H,15,16). The van der Waals surface area contributed by atoms with Crippen molar-refractivity contribution in [1.29, 1.82) is 0 Å². The quantitative estimate of drug-likeness (QED) is 0.843. The van der Waals surface area contributed by atoms with Crippen LogP contribution in [0.15, 0.2) is 46.7 Å². The Labute approximate surface area is 103 Å². The zero-order valence-electron chi connectivity index (χ0n) is 9.12. The second-order valence-electron chi connectivity index (χ2n) is 3.42. The summed E-state index contributed by atoms with van der Waals surface area (Å²) in [6.45, 7) is 1.78. The Balaban J connectivity index is 2.24. The van der Waals surface area contributed by atoms with Gasteiger partial charge in [-0.25, -0.2) is 14.8 Å². The molecule has 86 valence electrons. The SMILES string of the molecule is Cc1cc(Sc2ncccn2)ccc1C(=O)O. The van der Waals surface area contributed by atoms with Gasteiger partial charge in [-0.3, -0.25) is 0 Å². The number of carboxylic acid groups (broad SMARTS) is 1. The smallest absolute Gasteiger partial charge is 0.335 e. The summed E-state index contributed by atoms with van der Waals surface area (Å²) in [5, 5.41) is 9.56. The Bertz CT molecular complexity index is 543. The largest absolute Gasteiger partial charge is 0.478 e. The number of carbonyl (C=O) groups is 1. The van der Waals surface area contributed by atoms with E-state index in [1.807, 2.05) is 6.07 Å². The third-order valence-electron chi connectivity index (χ3n) is 2.18. The van der Waals surface area contributed by atoms with Gasteiger partial charge in [-0.2, -0.15) is 0 Å². The minimum atomic E-state index is -0.907. The van der Waals surface area contributed by atoms with Gasteiger partial charge in [-0.15, -0.1) is 0 Å². The molecule has 1 N–H and O–H groups in total. The van der Waals surface area contributed by atoms with Crippen molar-refractivity contribution in [2.45, 2.75) is 17.0 Å². The van der Waals surface area contributed by atoms with Crippen LogP contribution in [0.4, 0.5) is 0 Å². The maximum absolute atomic E-state index is 10.9. The highest BCUT2D eigenvalue weighted by Crippen LogP contribution is 2.25. The summed E-state index contributed by atoms with van der Waals surface area (Å²) < 4.78 is 0. The van der Waals surface area contributed by atoms with E-state index in [1.165, 1.54) is 11.8 Å². The molecule has 0 aliphatic heterocycles. The van der Waals surface area contributed by atoms with Gasteiger partial charge in [0, 0.05) is 17.3 Å². The molecule has 5 heteroatoms. The van der Waals surface area contributed by atoms with Gasteiger partial charge >= 0.3 is 5.97 Å². The van der Waals surface area contributed by atoms with Gasteiger partial charge in [0.15, 0.2) is 5.16 Å². The van der Waals surface area contributed by atoms with E-state index in [4.69, 9.17) is 5.11 Å². The second kappa shape index (κ2) is 4.97. The van der Waals surface area contributed by atoms with Crippen LogP contribution < -0.4 is 0 Å². The Morgan fingerprint density at radius 3 is 2.59 bits per heavy atom. The Kier molecular flexibility index (Phi) is 3.39. The van der Waals surface area contributed by atoms with E-state index in [1.54, 1.807) is 37.5 Å². The van der Waals surface area contributed by atoms with Crippen molar-refractivity contribution in [1.82, 2.24) is 9.97 Å². The lowest BCUT2D eigenvalue weighted by molar-refractivity contribution is 0.0696. The van der Waals surface area contributed by atoms with Gasteiger partial charge in [0.05, 0.1) is 5.56 Å². The molecule has 1 aromatic carbocycles. The molecule has 0 unspecified atom stereocenters. The Morgan fingerprint density at radius 2 is 2.00 bits per heavy atom. The molecular formula is C12H10N2O2S. The number of benzene rings is 1. The van der Waals surface area contributed by atoms with E-state index >= 15 is 0 Å². The molecule has 0 atom stereocenters. The van der Waals surface area contributed by atoms with Crippen molar-refractivity contribution < 1.29 is 9.90 Å². The second-order valence-corrected chi connectivity index (χ2v) is 4.46. The van der Waals surface area contributed by atoms with Crippen LogP contribution in [-0.4, -0.2) is 21.0 Å². The molecule has 0 saturated heterocycles. The molecule has 1 aromatic heterocycles. The molecule has 0 amide bonds. The highest BCUT2D eigenvalue weighted by atomic mass is 32.2. The number of aromatic nitrogens is 2. The van der Waals surface area contributed by atoms with E-state index in [0.717, 1.165) is 10.5 Å². The molecule has 0 aliphatic carbocycles. The fourth-order valence-electron chi connectivity index (χ4n) is 1.38. The number of rotatable bonds is 3. The predicted octanol–water partition coefficient (Wildman–Crippen LogP) is 2.63. The molecule has 2 aromatic rings. The third kappa shape index (κ3) is 2.82. The maximum atomic E-state index is 10.9. The summed E-state index contributed by atoms with van der Waals surface area (Å²) >= 11 is 1.41. The summed E-state index contributed by atoms with van der Waals surface area (Å²) in [5.41, 5.74) is 1.06. The molecule has 0 spiro atoms. The number of carboxylic acids is 1. The minimum Gasteiger partial charge on any atom is -0.478 e. The Morgan fingerprint density at radius 1 is 1.29 bits per heavy atom. The highest BCUT2D eigenvalue weighted by molar-refractivity contribution is 7.99. The van der Waals surface area contributed by atoms with Crippen LogP contribution in [0.5, 0.6) is 0 Å². The van der Waals surface area contributed by atoms with Crippen LogP contribution in [0.25, 0.3) is 0 Å². The first kappa shape index (κ1) is 11.6.